The van der Waals surface area contributed by atoms with Crippen molar-refractivity contribution in [3.8, 4) is 5.75 Å². The summed E-state index contributed by atoms with van der Waals surface area (Å²) in [4.78, 5) is 24.3. The number of carbonyl (C=O) groups excluding carboxylic acids is 1. The van der Waals surface area contributed by atoms with E-state index in [0.717, 1.165) is 16.2 Å². The zero-order valence-corrected chi connectivity index (χ0v) is 16.7. The van der Waals surface area contributed by atoms with Crippen LogP contribution in [-0.2, 0) is 17.0 Å². The van der Waals surface area contributed by atoms with Crippen LogP contribution in [-0.4, -0.2) is 33.1 Å². The van der Waals surface area contributed by atoms with Gasteiger partial charge in [0.2, 0.25) is 11.8 Å². The number of anilines is 1. The van der Waals surface area contributed by atoms with E-state index in [-0.39, 0.29) is 12.3 Å². The Labute approximate surface area is 171 Å². The summed E-state index contributed by atoms with van der Waals surface area (Å²) in [6, 6.07) is 13.3. The summed E-state index contributed by atoms with van der Waals surface area (Å²) in [6.07, 6.45) is 0.0100. The van der Waals surface area contributed by atoms with Crippen LogP contribution in [0.1, 0.15) is 17.3 Å². The first-order valence-electron chi connectivity index (χ1n) is 8.94. The van der Waals surface area contributed by atoms with Gasteiger partial charge in [-0.15, -0.1) is 0 Å². The van der Waals surface area contributed by atoms with Crippen molar-refractivity contribution in [1.82, 2.24) is 20.1 Å². The number of thioether (sulfide) groups is 1. The maximum atomic E-state index is 12.3. The number of hydrogen-bond acceptors (Lipinski definition) is 7. The van der Waals surface area contributed by atoms with E-state index >= 15 is 0 Å². The summed E-state index contributed by atoms with van der Waals surface area (Å²) in [7, 11) is 1.55. The fourth-order valence-corrected chi connectivity index (χ4v) is 3.53. The van der Waals surface area contributed by atoms with E-state index < -0.39 is 0 Å². The van der Waals surface area contributed by atoms with Gasteiger partial charge in [0.15, 0.2) is 11.0 Å². The normalized spacial score (nSPS) is 11.0. The molecule has 4 aromatic rings. The van der Waals surface area contributed by atoms with Crippen molar-refractivity contribution >= 4 is 34.4 Å². The Morgan fingerprint density at radius 1 is 1.24 bits per heavy atom. The minimum absolute atomic E-state index is 0.0100. The standard InChI is InChI=1S/C20H19N5O3S/c1-12-7-8-13-15(9-12)23-20(22-13)29-11-19-24-17(25-28-19)10-18(26)21-14-5-3-4-6-16(14)27-2/h3-9H,10-11H2,1-2H3,(H,21,26)(H,22,23). The highest BCUT2D eigenvalue weighted by Gasteiger charge is 2.14. The first-order chi connectivity index (χ1) is 14.1. The first kappa shape index (κ1) is 19.0. The van der Waals surface area contributed by atoms with Crippen molar-refractivity contribution in [3.05, 3.63) is 59.7 Å². The van der Waals surface area contributed by atoms with Crippen LogP contribution < -0.4 is 10.1 Å². The van der Waals surface area contributed by atoms with Crippen LogP contribution >= 0.6 is 11.8 Å². The number of imidazole rings is 1. The summed E-state index contributed by atoms with van der Waals surface area (Å²) < 4.78 is 10.5. The van der Waals surface area contributed by atoms with Crippen LogP contribution in [0.2, 0.25) is 0 Å². The Balaban J connectivity index is 1.34. The number of ether oxygens (including phenoxy) is 1. The van der Waals surface area contributed by atoms with Crippen LogP contribution in [0.25, 0.3) is 11.0 Å². The number of rotatable bonds is 7. The minimum atomic E-state index is -0.248. The summed E-state index contributed by atoms with van der Waals surface area (Å²) >= 11 is 1.46. The zero-order chi connectivity index (χ0) is 20.2. The quantitative estimate of drug-likeness (QED) is 0.448. The lowest BCUT2D eigenvalue weighted by molar-refractivity contribution is -0.115. The molecular weight excluding hydrogens is 390 g/mol. The highest BCUT2D eigenvalue weighted by atomic mass is 32.2. The molecule has 0 aliphatic heterocycles. The van der Waals surface area contributed by atoms with E-state index in [1.807, 2.05) is 31.2 Å². The van der Waals surface area contributed by atoms with Gasteiger partial charge in [0.1, 0.15) is 5.75 Å². The van der Waals surface area contributed by atoms with Gasteiger partial charge in [-0.3, -0.25) is 4.79 Å². The molecule has 2 heterocycles. The van der Waals surface area contributed by atoms with E-state index in [2.05, 4.69) is 31.5 Å². The Hall–Kier alpha value is -3.33. The smallest absolute Gasteiger partial charge is 0.237 e. The van der Waals surface area contributed by atoms with Crippen LogP contribution in [0.5, 0.6) is 5.75 Å². The molecule has 0 saturated carbocycles. The fraction of sp³-hybridized carbons (Fsp3) is 0.200. The molecule has 0 saturated heterocycles. The number of fused-ring (bicyclic) bond motifs is 1. The molecule has 148 valence electrons. The number of aromatic nitrogens is 4. The van der Waals surface area contributed by atoms with Gasteiger partial charge in [-0.2, -0.15) is 4.98 Å². The van der Waals surface area contributed by atoms with E-state index in [1.54, 1.807) is 19.2 Å². The summed E-state index contributed by atoms with van der Waals surface area (Å²) in [6.45, 7) is 2.04. The predicted molar refractivity (Wildman–Crippen MR) is 110 cm³/mol. The number of methoxy groups -OCH3 is 1. The highest BCUT2D eigenvalue weighted by molar-refractivity contribution is 7.98. The monoisotopic (exact) mass is 409 g/mol. The molecule has 0 aliphatic carbocycles. The number of H-pyrrole nitrogens is 1. The van der Waals surface area contributed by atoms with Crippen molar-refractivity contribution in [3.63, 3.8) is 0 Å². The first-order valence-corrected chi connectivity index (χ1v) is 9.93. The minimum Gasteiger partial charge on any atom is -0.495 e. The Kier molecular flexibility index (Phi) is 5.48. The number of nitrogens with zero attached hydrogens (tertiary/aromatic N) is 3. The summed E-state index contributed by atoms with van der Waals surface area (Å²) in [5, 5.41) is 7.45. The van der Waals surface area contributed by atoms with Gasteiger partial charge in [-0.1, -0.05) is 35.1 Å². The number of carbonyl (C=O) groups is 1. The number of hydrogen-bond donors (Lipinski definition) is 2. The molecular formula is C20H19N5O3S. The summed E-state index contributed by atoms with van der Waals surface area (Å²) in [5.41, 5.74) is 3.68. The lowest BCUT2D eigenvalue weighted by Gasteiger charge is -2.08. The topological polar surface area (TPSA) is 106 Å². The predicted octanol–water partition coefficient (Wildman–Crippen LogP) is 3.74. The number of aromatic amines is 1. The van der Waals surface area contributed by atoms with Crippen molar-refractivity contribution in [2.24, 2.45) is 0 Å². The number of amides is 1. The lowest BCUT2D eigenvalue weighted by Crippen LogP contribution is -2.15. The largest absolute Gasteiger partial charge is 0.495 e. The third-order valence-corrected chi connectivity index (χ3v) is 5.02. The van der Waals surface area contributed by atoms with Gasteiger partial charge < -0.3 is 19.6 Å². The maximum absolute atomic E-state index is 12.3. The molecule has 0 bridgehead atoms. The second-order valence-corrected chi connectivity index (χ2v) is 7.34. The van der Waals surface area contributed by atoms with Crippen LogP contribution in [0, 0.1) is 6.92 Å². The number of benzene rings is 2. The fourth-order valence-electron chi connectivity index (χ4n) is 2.80. The molecule has 0 unspecified atom stereocenters. The van der Waals surface area contributed by atoms with Crippen molar-refractivity contribution < 1.29 is 14.1 Å². The van der Waals surface area contributed by atoms with E-state index in [1.165, 1.54) is 17.3 Å². The van der Waals surface area contributed by atoms with Crippen molar-refractivity contribution in [2.75, 3.05) is 12.4 Å². The van der Waals surface area contributed by atoms with E-state index in [4.69, 9.17) is 9.26 Å². The molecule has 29 heavy (non-hydrogen) atoms. The molecule has 4 rings (SSSR count). The van der Waals surface area contributed by atoms with Crippen molar-refractivity contribution in [2.45, 2.75) is 24.3 Å². The third kappa shape index (κ3) is 4.57. The average molecular weight is 409 g/mol. The van der Waals surface area contributed by atoms with E-state index in [9.17, 15) is 4.79 Å². The molecule has 0 fully saturated rings. The average Bonchev–Trinajstić information content (AvgIpc) is 3.32. The zero-order valence-electron chi connectivity index (χ0n) is 15.9. The van der Waals surface area contributed by atoms with E-state index in [0.29, 0.717) is 28.9 Å². The van der Waals surface area contributed by atoms with Crippen molar-refractivity contribution in [1.29, 1.82) is 0 Å². The van der Waals surface area contributed by atoms with Crippen LogP contribution in [0.3, 0.4) is 0 Å². The molecule has 2 aromatic heterocycles. The molecule has 0 atom stereocenters. The SMILES string of the molecule is COc1ccccc1NC(=O)Cc1noc(CSc2nc3ccc(C)cc3[nH]2)n1. The second-order valence-electron chi connectivity index (χ2n) is 6.38. The van der Waals surface area contributed by atoms with Gasteiger partial charge >= 0.3 is 0 Å². The number of nitrogens with one attached hydrogen (secondary N) is 2. The lowest BCUT2D eigenvalue weighted by atomic mass is 10.2. The van der Waals surface area contributed by atoms with Gasteiger partial charge in [-0.05, 0) is 36.8 Å². The molecule has 0 spiro atoms. The van der Waals surface area contributed by atoms with Gasteiger partial charge in [0, 0.05) is 0 Å². The Morgan fingerprint density at radius 3 is 2.97 bits per heavy atom. The Bertz CT molecular complexity index is 1150. The molecule has 1 amide bonds. The molecule has 2 N–H and O–H groups in total. The molecule has 9 heteroatoms. The molecule has 2 aromatic carbocycles. The Morgan fingerprint density at radius 2 is 2.10 bits per heavy atom. The molecule has 0 radical (unpaired) electrons. The third-order valence-electron chi connectivity index (χ3n) is 4.16. The number of para-hydroxylation sites is 2. The van der Waals surface area contributed by atoms with Gasteiger partial charge in [-0.25, -0.2) is 4.98 Å². The van der Waals surface area contributed by atoms with Crippen LogP contribution in [0.4, 0.5) is 5.69 Å². The van der Waals surface area contributed by atoms with Crippen LogP contribution in [0.15, 0.2) is 52.1 Å². The number of aryl methyl sites for hydroxylation is 1. The maximum Gasteiger partial charge on any atom is 0.237 e. The van der Waals surface area contributed by atoms with Gasteiger partial charge in [0.05, 0.1) is 36.0 Å². The molecule has 8 nitrogen and oxygen atoms in total. The molecule has 0 aliphatic rings. The summed E-state index contributed by atoms with van der Waals surface area (Å²) in [5.74, 6) is 1.56. The highest BCUT2D eigenvalue weighted by Crippen LogP contribution is 2.24. The second kappa shape index (κ2) is 8.36. The van der Waals surface area contributed by atoms with Gasteiger partial charge in [0.25, 0.3) is 0 Å².